The summed E-state index contributed by atoms with van der Waals surface area (Å²) in [6.07, 6.45) is 6.00. The minimum Gasteiger partial charge on any atom is -0.394 e. The van der Waals surface area contributed by atoms with Crippen LogP contribution in [0.15, 0.2) is 48.9 Å². The predicted molar refractivity (Wildman–Crippen MR) is 94.5 cm³/mol. The van der Waals surface area contributed by atoms with Crippen LogP contribution in [0.5, 0.6) is 0 Å². The van der Waals surface area contributed by atoms with Crippen molar-refractivity contribution >= 4 is 5.69 Å². The molecule has 3 aromatic rings. The van der Waals surface area contributed by atoms with E-state index in [4.69, 9.17) is 10.4 Å². The molecule has 2 N–H and O–H groups in total. The Hall–Kier alpha value is -3.11. The molecule has 128 valence electrons. The van der Waals surface area contributed by atoms with E-state index in [1.807, 2.05) is 47.4 Å². The molecule has 7 nitrogen and oxygen atoms in total. The minimum atomic E-state index is 0.0605. The van der Waals surface area contributed by atoms with E-state index in [0.29, 0.717) is 26.1 Å². The summed E-state index contributed by atoms with van der Waals surface area (Å²) in [5.41, 5.74) is 3.90. The number of nitrogens with one attached hydrogen (secondary N) is 1. The molecule has 0 bridgehead atoms. The maximum absolute atomic E-state index is 8.96. The van der Waals surface area contributed by atoms with Crippen LogP contribution in [0.2, 0.25) is 0 Å². The highest BCUT2D eigenvalue weighted by Crippen LogP contribution is 2.23. The number of aromatic nitrogens is 4. The van der Waals surface area contributed by atoms with Crippen LogP contribution in [0.4, 0.5) is 5.69 Å². The first-order valence-corrected chi connectivity index (χ1v) is 8.16. The summed E-state index contributed by atoms with van der Waals surface area (Å²) in [6.45, 7) is 1.71. The van der Waals surface area contributed by atoms with Gasteiger partial charge in [0.1, 0.15) is 0 Å². The third-order valence-corrected chi connectivity index (χ3v) is 3.78. The Kier molecular flexibility index (Phi) is 5.44. The maximum atomic E-state index is 8.96. The first-order chi connectivity index (χ1) is 12.3. The van der Waals surface area contributed by atoms with Crippen LogP contribution in [-0.4, -0.2) is 31.3 Å². The van der Waals surface area contributed by atoms with E-state index in [2.05, 4.69) is 21.6 Å². The molecule has 0 atom stereocenters. The summed E-state index contributed by atoms with van der Waals surface area (Å²) in [5.74, 6) is 0. The van der Waals surface area contributed by atoms with Gasteiger partial charge in [0.2, 0.25) is 0 Å². The molecule has 3 rings (SSSR count). The molecule has 2 aromatic heterocycles. The number of nitrogens with zero attached hydrogens (tertiary/aromatic N) is 5. The molecule has 2 heterocycles. The first-order valence-electron chi connectivity index (χ1n) is 8.16. The van der Waals surface area contributed by atoms with Gasteiger partial charge in [0.25, 0.3) is 0 Å². The highest BCUT2D eigenvalue weighted by molar-refractivity contribution is 5.63. The van der Waals surface area contributed by atoms with Crippen molar-refractivity contribution in [1.29, 1.82) is 5.26 Å². The average Bonchev–Trinajstić information content (AvgIpc) is 3.26. The molecule has 0 spiro atoms. The van der Waals surface area contributed by atoms with Gasteiger partial charge in [-0.2, -0.15) is 15.5 Å². The van der Waals surface area contributed by atoms with Crippen molar-refractivity contribution in [1.82, 2.24) is 19.6 Å². The number of aliphatic hydroxyl groups is 1. The fourth-order valence-corrected chi connectivity index (χ4v) is 2.59. The largest absolute Gasteiger partial charge is 0.394 e. The summed E-state index contributed by atoms with van der Waals surface area (Å²) in [4.78, 5) is 0. The van der Waals surface area contributed by atoms with E-state index in [1.165, 1.54) is 0 Å². The molecule has 7 heteroatoms. The first kappa shape index (κ1) is 16.7. The molecule has 0 amide bonds. The molecule has 0 saturated heterocycles. The van der Waals surface area contributed by atoms with Crippen LogP contribution in [0.1, 0.15) is 12.0 Å². The van der Waals surface area contributed by atoms with Gasteiger partial charge in [0, 0.05) is 30.1 Å². The predicted octanol–water partition coefficient (Wildman–Crippen LogP) is 2.26. The number of aryl methyl sites for hydroxylation is 1. The van der Waals surface area contributed by atoms with Crippen molar-refractivity contribution in [3.05, 3.63) is 54.5 Å². The van der Waals surface area contributed by atoms with E-state index in [1.54, 1.807) is 10.9 Å². The monoisotopic (exact) mass is 336 g/mol. The van der Waals surface area contributed by atoms with Gasteiger partial charge in [-0.3, -0.25) is 9.36 Å². The van der Waals surface area contributed by atoms with Crippen molar-refractivity contribution in [3.63, 3.8) is 0 Å². The summed E-state index contributed by atoms with van der Waals surface area (Å²) in [7, 11) is 0. The molecular formula is C18H20N6O. The highest BCUT2D eigenvalue weighted by atomic mass is 16.3. The van der Waals surface area contributed by atoms with Crippen molar-refractivity contribution in [2.24, 2.45) is 0 Å². The van der Waals surface area contributed by atoms with E-state index in [0.717, 1.165) is 22.5 Å². The second-order valence-electron chi connectivity index (χ2n) is 5.61. The van der Waals surface area contributed by atoms with E-state index < -0.39 is 0 Å². The summed E-state index contributed by atoms with van der Waals surface area (Å²) >= 11 is 0. The number of anilines is 1. The standard InChI is InChI=1S/C18H20N6O/c19-7-4-8-24-13-16(18(22-24)15-5-2-1-3-6-15)11-20-17-12-21-23(14-17)9-10-25/h1-3,5-6,12-14,20,25H,4,8-11H2. The lowest BCUT2D eigenvalue weighted by molar-refractivity contribution is 0.269. The van der Waals surface area contributed by atoms with Gasteiger partial charge in [-0.1, -0.05) is 30.3 Å². The quantitative estimate of drug-likeness (QED) is 0.658. The van der Waals surface area contributed by atoms with Gasteiger partial charge in [-0.25, -0.2) is 0 Å². The topological polar surface area (TPSA) is 91.7 Å². The number of aliphatic hydroxyl groups excluding tert-OH is 1. The van der Waals surface area contributed by atoms with Gasteiger partial charge < -0.3 is 10.4 Å². The molecule has 0 aliphatic rings. The molecule has 0 radical (unpaired) electrons. The second-order valence-corrected chi connectivity index (χ2v) is 5.61. The fraction of sp³-hybridized carbons (Fsp3) is 0.278. The van der Waals surface area contributed by atoms with Crippen molar-refractivity contribution in [3.8, 4) is 17.3 Å². The molecule has 0 saturated carbocycles. The zero-order valence-corrected chi connectivity index (χ0v) is 13.8. The summed E-state index contributed by atoms with van der Waals surface area (Å²) in [6, 6.07) is 12.2. The molecule has 0 fully saturated rings. The van der Waals surface area contributed by atoms with Crippen LogP contribution in [0, 0.1) is 11.3 Å². The molecule has 0 unspecified atom stereocenters. The third-order valence-electron chi connectivity index (χ3n) is 3.78. The van der Waals surface area contributed by atoms with Gasteiger partial charge in [0.15, 0.2) is 0 Å². The van der Waals surface area contributed by atoms with Crippen molar-refractivity contribution in [2.75, 3.05) is 11.9 Å². The lowest BCUT2D eigenvalue weighted by Crippen LogP contribution is -2.02. The number of benzene rings is 1. The number of rotatable bonds is 8. The van der Waals surface area contributed by atoms with Gasteiger partial charge >= 0.3 is 0 Å². The normalized spacial score (nSPS) is 10.6. The number of hydrogen-bond acceptors (Lipinski definition) is 5. The molecule has 0 aliphatic carbocycles. The Morgan fingerprint density at radius 2 is 1.96 bits per heavy atom. The summed E-state index contributed by atoms with van der Waals surface area (Å²) in [5, 5.41) is 29.9. The van der Waals surface area contributed by atoms with Crippen LogP contribution in [0.3, 0.4) is 0 Å². The number of hydrogen-bond donors (Lipinski definition) is 2. The molecule has 1 aromatic carbocycles. The van der Waals surface area contributed by atoms with E-state index in [9.17, 15) is 0 Å². The molecular weight excluding hydrogens is 316 g/mol. The van der Waals surface area contributed by atoms with Gasteiger partial charge in [-0.05, 0) is 0 Å². The van der Waals surface area contributed by atoms with E-state index in [-0.39, 0.29) is 6.61 Å². The van der Waals surface area contributed by atoms with Crippen molar-refractivity contribution in [2.45, 2.75) is 26.1 Å². The average molecular weight is 336 g/mol. The zero-order valence-electron chi connectivity index (χ0n) is 13.8. The Labute approximate surface area is 146 Å². The zero-order chi connectivity index (χ0) is 17.5. The SMILES string of the molecule is N#CCCn1cc(CNc2cnn(CCO)c2)c(-c2ccccc2)n1. The second kappa shape index (κ2) is 8.13. The lowest BCUT2D eigenvalue weighted by Gasteiger charge is -2.04. The van der Waals surface area contributed by atoms with Crippen LogP contribution >= 0.6 is 0 Å². The Morgan fingerprint density at radius 3 is 2.72 bits per heavy atom. The fourth-order valence-electron chi connectivity index (χ4n) is 2.59. The smallest absolute Gasteiger partial charge is 0.0973 e. The third kappa shape index (κ3) is 4.25. The highest BCUT2D eigenvalue weighted by Gasteiger charge is 2.11. The molecule has 25 heavy (non-hydrogen) atoms. The lowest BCUT2D eigenvalue weighted by atomic mass is 10.1. The number of nitriles is 1. The van der Waals surface area contributed by atoms with Crippen LogP contribution in [-0.2, 0) is 19.6 Å². The Bertz CT molecular complexity index is 846. The van der Waals surface area contributed by atoms with Crippen LogP contribution in [0.25, 0.3) is 11.3 Å². The summed E-state index contributed by atoms with van der Waals surface area (Å²) < 4.78 is 3.51. The van der Waals surface area contributed by atoms with Gasteiger partial charge in [-0.15, -0.1) is 0 Å². The van der Waals surface area contributed by atoms with E-state index >= 15 is 0 Å². The Morgan fingerprint density at radius 1 is 1.12 bits per heavy atom. The maximum Gasteiger partial charge on any atom is 0.0973 e. The minimum absolute atomic E-state index is 0.0605. The van der Waals surface area contributed by atoms with Crippen LogP contribution < -0.4 is 5.32 Å². The Balaban J connectivity index is 1.78. The van der Waals surface area contributed by atoms with Gasteiger partial charge in [0.05, 0.1) is 49.8 Å². The molecule has 0 aliphatic heterocycles. The van der Waals surface area contributed by atoms with Crippen molar-refractivity contribution < 1.29 is 5.11 Å².